The molecule has 0 bridgehead atoms. The summed E-state index contributed by atoms with van der Waals surface area (Å²) in [7, 11) is 0. The third kappa shape index (κ3) is 5.46. The van der Waals surface area contributed by atoms with Gasteiger partial charge >= 0.3 is 6.18 Å². The molecule has 0 unspecified atom stereocenters. The van der Waals surface area contributed by atoms with Gasteiger partial charge in [0.1, 0.15) is 12.3 Å². The molecule has 1 saturated heterocycles. The quantitative estimate of drug-likeness (QED) is 0.901. The first-order chi connectivity index (χ1) is 10.8. The zero-order valence-corrected chi connectivity index (χ0v) is 12.4. The number of nitrogens with zero attached hydrogens (tertiary/aromatic N) is 1. The van der Waals surface area contributed by atoms with E-state index in [9.17, 15) is 22.8 Å². The predicted molar refractivity (Wildman–Crippen MR) is 75.9 cm³/mol. The minimum atomic E-state index is -4.44. The van der Waals surface area contributed by atoms with E-state index >= 15 is 0 Å². The summed E-state index contributed by atoms with van der Waals surface area (Å²) in [6.45, 7) is -0.601. The number of benzene rings is 1. The highest BCUT2D eigenvalue weighted by Crippen LogP contribution is 2.16. The number of hydrogen-bond acceptors (Lipinski definition) is 3. The van der Waals surface area contributed by atoms with Crippen LogP contribution in [0.1, 0.15) is 29.6 Å². The topological polar surface area (TPSA) is 58.6 Å². The van der Waals surface area contributed by atoms with Gasteiger partial charge in [-0.1, -0.05) is 0 Å². The first-order valence-electron chi connectivity index (χ1n) is 7.21. The molecule has 23 heavy (non-hydrogen) atoms. The van der Waals surface area contributed by atoms with Crippen molar-refractivity contribution in [2.24, 2.45) is 0 Å². The van der Waals surface area contributed by atoms with Gasteiger partial charge in [0, 0.05) is 18.5 Å². The Morgan fingerprint density at radius 2 is 1.91 bits per heavy atom. The normalized spacial score (nSPS) is 15.4. The van der Waals surface area contributed by atoms with Gasteiger partial charge in [-0.05, 0) is 37.1 Å². The van der Waals surface area contributed by atoms with Gasteiger partial charge in [-0.15, -0.1) is 0 Å². The number of rotatable bonds is 5. The zero-order valence-electron chi connectivity index (χ0n) is 12.4. The Labute approximate surface area is 131 Å². The van der Waals surface area contributed by atoms with E-state index in [0.717, 1.165) is 12.8 Å². The highest BCUT2D eigenvalue weighted by atomic mass is 19.4. The highest BCUT2D eigenvalue weighted by molar-refractivity contribution is 5.94. The molecule has 1 aliphatic rings. The smallest absolute Gasteiger partial charge is 0.405 e. The zero-order chi connectivity index (χ0) is 16.9. The van der Waals surface area contributed by atoms with Crippen LogP contribution in [0.4, 0.5) is 13.2 Å². The highest BCUT2D eigenvalue weighted by Gasteiger charge is 2.27. The third-order valence-electron chi connectivity index (χ3n) is 3.37. The molecule has 1 aromatic carbocycles. The number of hydrogen-bond donors (Lipinski definition) is 1. The maximum absolute atomic E-state index is 12.0. The molecule has 0 atom stereocenters. The van der Waals surface area contributed by atoms with E-state index in [1.54, 1.807) is 10.2 Å². The molecule has 1 N–H and O–H groups in total. The molecule has 0 spiro atoms. The molecule has 0 saturated carbocycles. The Morgan fingerprint density at radius 3 is 2.52 bits per heavy atom. The molecular weight excluding hydrogens is 313 g/mol. The van der Waals surface area contributed by atoms with E-state index in [0.29, 0.717) is 18.7 Å². The van der Waals surface area contributed by atoms with Crippen molar-refractivity contribution < 1.29 is 27.5 Å². The number of amides is 2. The fraction of sp³-hybridized carbons (Fsp3) is 0.467. The number of halogens is 3. The Balaban J connectivity index is 1.84. The molecule has 2 rings (SSSR count). The Morgan fingerprint density at radius 1 is 1.22 bits per heavy atom. The van der Waals surface area contributed by atoms with Crippen LogP contribution in [-0.4, -0.2) is 42.7 Å². The van der Waals surface area contributed by atoms with Gasteiger partial charge in [-0.2, -0.15) is 13.2 Å². The fourth-order valence-corrected chi connectivity index (χ4v) is 2.14. The van der Waals surface area contributed by atoms with Gasteiger partial charge in [0.2, 0.25) is 5.91 Å². The van der Waals surface area contributed by atoms with Crippen LogP contribution in [0.15, 0.2) is 24.3 Å². The second-order valence-electron chi connectivity index (χ2n) is 5.21. The maximum Gasteiger partial charge on any atom is 0.405 e. The van der Waals surface area contributed by atoms with E-state index in [1.807, 2.05) is 0 Å². The first kappa shape index (κ1) is 17.1. The van der Waals surface area contributed by atoms with Crippen LogP contribution >= 0.6 is 0 Å². The van der Waals surface area contributed by atoms with Gasteiger partial charge in [0.05, 0.1) is 0 Å². The van der Waals surface area contributed by atoms with Crippen molar-refractivity contribution in [3.05, 3.63) is 29.8 Å². The van der Waals surface area contributed by atoms with Crippen LogP contribution in [0.3, 0.4) is 0 Å². The molecule has 1 aliphatic heterocycles. The molecule has 1 fully saturated rings. The van der Waals surface area contributed by atoms with E-state index in [2.05, 4.69) is 0 Å². The molecule has 1 aromatic rings. The van der Waals surface area contributed by atoms with Crippen molar-refractivity contribution in [2.75, 3.05) is 19.8 Å². The van der Waals surface area contributed by atoms with E-state index < -0.39 is 18.6 Å². The average molecular weight is 330 g/mol. The summed E-state index contributed by atoms with van der Waals surface area (Å²) >= 11 is 0. The molecular formula is C15H17F3N2O3. The van der Waals surface area contributed by atoms with Crippen LogP contribution in [-0.2, 0) is 4.79 Å². The minimum Gasteiger partial charge on any atom is -0.473 e. The van der Waals surface area contributed by atoms with Crippen LogP contribution in [0.5, 0.6) is 5.75 Å². The van der Waals surface area contributed by atoms with Crippen molar-refractivity contribution in [3.63, 3.8) is 0 Å². The number of nitrogens with one attached hydrogen (secondary N) is 1. The van der Waals surface area contributed by atoms with Crippen molar-refractivity contribution in [3.8, 4) is 5.75 Å². The summed E-state index contributed by atoms with van der Waals surface area (Å²) in [5, 5.41) is 1.79. The van der Waals surface area contributed by atoms with E-state index in [1.165, 1.54) is 24.3 Å². The molecule has 0 aliphatic carbocycles. The molecule has 2 amide bonds. The summed E-state index contributed by atoms with van der Waals surface area (Å²) in [6, 6.07) is 5.71. The number of carbonyl (C=O) groups excluding carboxylic acids is 2. The summed E-state index contributed by atoms with van der Waals surface area (Å²) < 4.78 is 41.6. The predicted octanol–water partition coefficient (Wildman–Crippen LogP) is 2.33. The fourth-order valence-electron chi connectivity index (χ4n) is 2.14. The van der Waals surface area contributed by atoms with E-state index in [4.69, 9.17) is 4.74 Å². The van der Waals surface area contributed by atoms with Gasteiger partial charge in [0.15, 0.2) is 6.73 Å². The molecule has 0 radical (unpaired) electrons. The lowest BCUT2D eigenvalue weighted by atomic mass is 10.1. The van der Waals surface area contributed by atoms with Crippen molar-refractivity contribution in [2.45, 2.75) is 25.4 Å². The van der Waals surface area contributed by atoms with Crippen LogP contribution in [0.25, 0.3) is 0 Å². The van der Waals surface area contributed by atoms with Crippen LogP contribution in [0.2, 0.25) is 0 Å². The number of piperidine rings is 1. The second kappa shape index (κ2) is 7.34. The van der Waals surface area contributed by atoms with Gasteiger partial charge in [0.25, 0.3) is 5.91 Å². The Bertz CT molecular complexity index is 558. The van der Waals surface area contributed by atoms with Gasteiger partial charge in [-0.25, -0.2) is 0 Å². The summed E-state index contributed by atoms with van der Waals surface area (Å²) in [5.41, 5.74) is 0.107. The number of ether oxygens (including phenoxy) is 1. The Kier molecular flexibility index (Phi) is 5.46. The van der Waals surface area contributed by atoms with Crippen molar-refractivity contribution in [1.82, 2.24) is 10.2 Å². The minimum absolute atomic E-state index is 0.0411. The molecule has 5 nitrogen and oxygen atoms in total. The van der Waals surface area contributed by atoms with Gasteiger partial charge in [-0.3, -0.25) is 9.59 Å². The lowest BCUT2D eigenvalue weighted by Crippen LogP contribution is -2.38. The summed E-state index contributed by atoms with van der Waals surface area (Å²) in [4.78, 5) is 24.8. The van der Waals surface area contributed by atoms with Crippen LogP contribution < -0.4 is 10.1 Å². The largest absolute Gasteiger partial charge is 0.473 e. The lowest BCUT2D eigenvalue weighted by molar-refractivity contribution is -0.136. The van der Waals surface area contributed by atoms with Crippen molar-refractivity contribution >= 4 is 11.8 Å². The summed E-state index contributed by atoms with van der Waals surface area (Å²) in [6.07, 6.45) is -2.11. The van der Waals surface area contributed by atoms with E-state index in [-0.39, 0.29) is 18.2 Å². The molecule has 126 valence electrons. The SMILES string of the molecule is O=C(NCC(F)(F)F)c1ccc(OCN2CCCCC2=O)cc1. The van der Waals surface area contributed by atoms with Crippen LogP contribution in [0, 0.1) is 0 Å². The Hall–Kier alpha value is -2.25. The number of likely N-dealkylation sites (tertiary alicyclic amines) is 1. The van der Waals surface area contributed by atoms with Gasteiger partial charge < -0.3 is 15.0 Å². The molecule has 1 heterocycles. The number of alkyl halides is 3. The first-order valence-corrected chi connectivity index (χ1v) is 7.21. The van der Waals surface area contributed by atoms with Crippen molar-refractivity contribution in [1.29, 1.82) is 0 Å². The lowest BCUT2D eigenvalue weighted by Gasteiger charge is -2.26. The number of carbonyl (C=O) groups is 2. The maximum atomic E-state index is 12.0. The summed E-state index contributed by atoms with van der Waals surface area (Å²) in [5.74, 6) is -0.324. The molecule has 8 heteroatoms. The second-order valence-corrected chi connectivity index (χ2v) is 5.21. The third-order valence-corrected chi connectivity index (χ3v) is 3.37. The standard InChI is InChI=1S/C15H17F3N2O3/c16-15(17,18)9-19-14(22)11-4-6-12(7-5-11)23-10-20-8-2-1-3-13(20)21/h4-7H,1-3,8-10H2,(H,19,22). The average Bonchev–Trinajstić information content (AvgIpc) is 2.52. The molecule has 0 aromatic heterocycles. The monoisotopic (exact) mass is 330 g/mol.